The van der Waals surface area contributed by atoms with Gasteiger partial charge in [0.1, 0.15) is 5.58 Å². The van der Waals surface area contributed by atoms with Crippen LogP contribution in [0.25, 0.3) is 11.0 Å². The number of nitrogens with zero attached hydrogens (tertiary/aromatic N) is 1. The van der Waals surface area contributed by atoms with Crippen LogP contribution in [0.5, 0.6) is 11.5 Å². The summed E-state index contributed by atoms with van der Waals surface area (Å²) in [5, 5.41) is 1.02. The normalized spacial score (nSPS) is 14.0. The van der Waals surface area contributed by atoms with E-state index in [-0.39, 0.29) is 5.63 Å². The summed E-state index contributed by atoms with van der Waals surface area (Å²) in [5.41, 5.74) is 6.28. The third-order valence-corrected chi connectivity index (χ3v) is 5.80. The SMILES string of the molecule is CCOc1cc2c(cc1OCC)CN(Cc1cc(=O)oc3cc(C)c(C)cc13)CC2. The summed E-state index contributed by atoms with van der Waals surface area (Å²) in [6.07, 6.45) is 0.944. The number of hydrogen-bond acceptors (Lipinski definition) is 5. The van der Waals surface area contributed by atoms with Crippen LogP contribution in [-0.4, -0.2) is 24.7 Å². The van der Waals surface area contributed by atoms with Gasteiger partial charge in [-0.15, -0.1) is 0 Å². The second-order valence-electron chi connectivity index (χ2n) is 7.92. The molecule has 0 radical (unpaired) electrons. The van der Waals surface area contributed by atoms with Crippen molar-refractivity contribution in [3.05, 3.63) is 68.6 Å². The van der Waals surface area contributed by atoms with Gasteiger partial charge < -0.3 is 13.9 Å². The molecule has 1 aliphatic rings. The highest BCUT2D eigenvalue weighted by atomic mass is 16.5. The smallest absolute Gasteiger partial charge is 0.336 e. The van der Waals surface area contributed by atoms with Crippen molar-refractivity contribution in [1.29, 1.82) is 0 Å². The Hall–Kier alpha value is -2.79. The van der Waals surface area contributed by atoms with Gasteiger partial charge in [-0.1, -0.05) is 0 Å². The summed E-state index contributed by atoms with van der Waals surface area (Å²) in [6.45, 7) is 11.8. The zero-order valence-electron chi connectivity index (χ0n) is 18.2. The van der Waals surface area contributed by atoms with Gasteiger partial charge in [0.15, 0.2) is 11.5 Å². The van der Waals surface area contributed by atoms with Crippen molar-refractivity contribution in [2.75, 3.05) is 19.8 Å². The van der Waals surface area contributed by atoms with E-state index >= 15 is 0 Å². The summed E-state index contributed by atoms with van der Waals surface area (Å²) in [5.74, 6) is 1.63. The van der Waals surface area contributed by atoms with E-state index in [4.69, 9.17) is 13.9 Å². The molecule has 5 nitrogen and oxygen atoms in total. The van der Waals surface area contributed by atoms with Gasteiger partial charge >= 0.3 is 5.63 Å². The largest absolute Gasteiger partial charge is 0.490 e. The maximum Gasteiger partial charge on any atom is 0.336 e. The monoisotopic (exact) mass is 407 g/mol. The van der Waals surface area contributed by atoms with Gasteiger partial charge in [-0.3, -0.25) is 4.90 Å². The number of hydrogen-bond donors (Lipinski definition) is 0. The Morgan fingerprint density at radius 2 is 1.60 bits per heavy atom. The first-order valence-electron chi connectivity index (χ1n) is 10.7. The average molecular weight is 408 g/mol. The number of ether oxygens (including phenoxy) is 2. The highest BCUT2D eigenvalue weighted by Gasteiger charge is 2.21. The van der Waals surface area contributed by atoms with Gasteiger partial charge in [0.2, 0.25) is 0 Å². The minimum Gasteiger partial charge on any atom is -0.490 e. The molecule has 1 aromatic heterocycles. The second kappa shape index (κ2) is 8.52. The molecule has 3 aromatic rings. The van der Waals surface area contributed by atoms with Gasteiger partial charge in [0, 0.05) is 31.1 Å². The molecule has 1 aliphatic heterocycles. The number of rotatable bonds is 6. The Labute approximate surface area is 177 Å². The molecular weight excluding hydrogens is 378 g/mol. The summed E-state index contributed by atoms with van der Waals surface area (Å²) in [6, 6.07) is 9.96. The number of aryl methyl sites for hydroxylation is 2. The molecule has 0 saturated carbocycles. The molecule has 0 bridgehead atoms. The lowest BCUT2D eigenvalue weighted by molar-refractivity contribution is 0.242. The number of fused-ring (bicyclic) bond motifs is 2. The minimum atomic E-state index is -0.293. The maximum atomic E-state index is 12.1. The molecule has 0 atom stereocenters. The van der Waals surface area contributed by atoms with Gasteiger partial charge in [0.25, 0.3) is 0 Å². The molecule has 4 rings (SSSR count). The van der Waals surface area contributed by atoms with E-state index in [9.17, 15) is 4.79 Å². The third-order valence-electron chi connectivity index (χ3n) is 5.80. The lowest BCUT2D eigenvalue weighted by Crippen LogP contribution is -2.30. The standard InChI is InChI=1S/C25H29NO4/c1-5-28-23-11-18-7-8-26(14-19(18)12-24(23)29-6-2)15-20-13-25(27)30-22-10-17(4)16(3)9-21(20)22/h9-13H,5-8,14-15H2,1-4H3. The third kappa shape index (κ3) is 4.08. The minimum absolute atomic E-state index is 0.293. The molecule has 0 spiro atoms. The molecule has 30 heavy (non-hydrogen) atoms. The van der Waals surface area contributed by atoms with E-state index in [1.54, 1.807) is 6.07 Å². The summed E-state index contributed by atoms with van der Waals surface area (Å²) >= 11 is 0. The number of benzene rings is 2. The first-order valence-corrected chi connectivity index (χ1v) is 10.7. The van der Waals surface area contributed by atoms with Crippen LogP contribution in [0.4, 0.5) is 0 Å². The average Bonchev–Trinajstić information content (AvgIpc) is 2.70. The second-order valence-corrected chi connectivity index (χ2v) is 7.92. The molecule has 0 unspecified atom stereocenters. The molecule has 0 fully saturated rings. The predicted octanol–water partition coefficient (Wildman–Crippen LogP) is 4.77. The first-order chi connectivity index (χ1) is 14.5. The molecule has 2 aromatic carbocycles. The van der Waals surface area contributed by atoms with Gasteiger partial charge in [0.05, 0.1) is 13.2 Å². The van der Waals surface area contributed by atoms with Crippen molar-refractivity contribution in [2.24, 2.45) is 0 Å². The van der Waals surface area contributed by atoms with Crippen molar-refractivity contribution in [2.45, 2.75) is 47.2 Å². The molecule has 0 N–H and O–H groups in total. The van der Waals surface area contributed by atoms with E-state index < -0.39 is 0 Å². The van der Waals surface area contributed by atoms with E-state index in [0.29, 0.717) is 25.3 Å². The Morgan fingerprint density at radius 3 is 2.30 bits per heavy atom. The Morgan fingerprint density at radius 1 is 0.933 bits per heavy atom. The van der Waals surface area contributed by atoms with Crippen molar-refractivity contribution in [1.82, 2.24) is 4.90 Å². The first kappa shape index (κ1) is 20.5. The highest BCUT2D eigenvalue weighted by molar-refractivity contribution is 5.81. The van der Waals surface area contributed by atoms with Crippen molar-refractivity contribution < 1.29 is 13.9 Å². The Balaban J connectivity index is 1.64. The quantitative estimate of drug-likeness (QED) is 0.551. The molecule has 0 aliphatic carbocycles. The molecule has 158 valence electrons. The molecular formula is C25H29NO4. The van der Waals surface area contributed by atoms with Crippen LogP contribution < -0.4 is 15.1 Å². The molecule has 0 amide bonds. The van der Waals surface area contributed by atoms with Crippen LogP contribution in [0.3, 0.4) is 0 Å². The van der Waals surface area contributed by atoms with Crippen LogP contribution in [0, 0.1) is 13.8 Å². The van der Waals surface area contributed by atoms with Crippen molar-refractivity contribution in [3.8, 4) is 11.5 Å². The van der Waals surface area contributed by atoms with E-state index in [0.717, 1.165) is 47.5 Å². The van der Waals surface area contributed by atoms with Crippen LogP contribution in [0.15, 0.2) is 39.5 Å². The van der Waals surface area contributed by atoms with Crippen molar-refractivity contribution in [3.63, 3.8) is 0 Å². The van der Waals surface area contributed by atoms with Crippen LogP contribution in [0.1, 0.15) is 41.7 Å². The van der Waals surface area contributed by atoms with E-state index in [1.807, 2.05) is 26.8 Å². The Kier molecular flexibility index (Phi) is 5.82. The van der Waals surface area contributed by atoms with E-state index in [1.165, 1.54) is 16.7 Å². The Bertz CT molecular complexity index is 1130. The zero-order chi connectivity index (χ0) is 21.3. The van der Waals surface area contributed by atoms with Crippen LogP contribution in [0.2, 0.25) is 0 Å². The topological polar surface area (TPSA) is 51.9 Å². The summed E-state index contributed by atoms with van der Waals surface area (Å²) in [7, 11) is 0. The highest BCUT2D eigenvalue weighted by Crippen LogP contribution is 2.34. The molecule has 0 saturated heterocycles. The van der Waals surface area contributed by atoms with Gasteiger partial charge in [-0.25, -0.2) is 4.79 Å². The fourth-order valence-electron chi connectivity index (χ4n) is 4.15. The van der Waals surface area contributed by atoms with Gasteiger partial charge in [-0.05, 0) is 86.2 Å². The lowest BCUT2D eigenvalue weighted by atomic mass is 9.97. The lowest BCUT2D eigenvalue weighted by Gasteiger charge is -2.30. The molecule has 5 heteroatoms. The summed E-state index contributed by atoms with van der Waals surface area (Å²) < 4.78 is 17.0. The predicted molar refractivity (Wildman–Crippen MR) is 119 cm³/mol. The fraction of sp³-hybridized carbons (Fsp3) is 0.400. The molecule has 2 heterocycles. The fourth-order valence-corrected chi connectivity index (χ4v) is 4.15. The zero-order valence-corrected chi connectivity index (χ0v) is 18.2. The van der Waals surface area contributed by atoms with E-state index in [2.05, 4.69) is 30.0 Å². The maximum absolute atomic E-state index is 12.1. The van der Waals surface area contributed by atoms with Crippen LogP contribution in [-0.2, 0) is 19.5 Å². The van der Waals surface area contributed by atoms with Crippen LogP contribution >= 0.6 is 0 Å². The van der Waals surface area contributed by atoms with Gasteiger partial charge in [-0.2, -0.15) is 0 Å². The van der Waals surface area contributed by atoms with Crippen molar-refractivity contribution >= 4 is 11.0 Å². The summed E-state index contributed by atoms with van der Waals surface area (Å²) in [4.78, 5) is 14.5.